The Kier molecular flexibility index (Phi) is 8.90. The van der Waals surface area contributed by atoms with E-state index in [1.807, 2.05) is 19.1 Å². The number of anilines is 1. The summed E-state index contributed by atoms with van der Waals surface area (Å²) in [6.45, 7) is 5.89. The van der Waals surface area contributed by atoms with E-state index < -0.39 is 6.10 Å². The number of nitrogens with one attached hydrogen (secondary N) is 1. The van der Waals surface area contributed by atoms with E-state index in [4.69, 9.17) is 4.74 Å². The number of halogens is 1. The number of rotatable bonds is 10. The number of aliphatic hydroxyl groups excluding tert-OH is 1. The quantitative estimate of drug-likeness (QED) is 0.627. The Labute approximate surface area is 130 Å². The minimum atomic E-state index is -0.467. The van der Waals surface area contributed by atoms with Gasteiger partial charge in [0.05, 0.1) is 12.7 Å². The van der Waals surface area contributed by atoms with Crippen LogP contribution in [0.1, 0.15) is 38.2 Å². The predicted molar refractivity (Wildman–Crippen MR) is 88.3 cm³/mol. The number of unbranched alkanes of at least 4 members (excludes halogenated alkanes) is 3. The zero-order valence-electron chi connectivity index (χ0n) is 12.5. The first-order valence-corrected chi connectivity index (χ1v) is 8.18. The molecule has 0 aliphatic rings. The van der Waals surface area contributed by atoms with Crippen molar-refractivity contribution in [3.8, 4) is 0 Å². The van der Waals surface area contributed by atoms with E-state index in [2.05, 4.69) is 34.2 Å². The van der Waals surface area contributed by atoms with Crippen LogP contribution in [0, 0.1) is 6.92 Å². The molecule has 0 saturated heterocycles. The third kappa shape index (κ3) is 7.27. The van der Waals surface area contributed by atoms with Crippen LogP contribution >= 0.6 is 15.9 Å². The minimum absolute atomic E-state index is 0.397. The van der Waals surface area contributed by atoms with E-state index in [9.17, 15) is 5.11 Å². The van der Waals surface area contributed by atoms with Crippen LogP contribution in [0.2, 0.25) is 0 Å². The van der Waals surface area contributed by atoms with Crippen molar-refractivity contribution in [2.45, 2.75) is 45.6 Å². The van der Waals surface area contributed by atoms with E-state index >= 15 is 0 Å². The van der Waals surface area contributed by atoms with Gasteiger partial charge in [0, 0.05) is 23.3 Å². The van der Waals surface area contributed by atoms with Crippen molar-refractivity contribution in [2.24, 2.45) is 0 Å². The molecule has 0 spiro atoms. The van der Waals surface area contributed by atoms with Crippen molar-refractivity contribution in [1.82, 2.24) is 0 Å². The molecule has 1 atom stereocenters. The molecule has 1 aromatic rings. The van der Waals surface area contributed by atoms with Crippen LogP contribution in [0.15, 0.2) is 22.7 Å². The summed E-state index contributed by atoms with van der Waals surface area (Å²) in [7, 11) is 0. The SMILES string of the molecule is CCCCCCOCC(O)CNc1ccc(Br)c(C)c1. The first-order chi connectivity index (χ1) is 9.63. The summed E-state index contributed by atoms with van der Waals surface area (Å²) in [5.74, 6) is 0. The first-order valence-electron chi connectivity index (χ1n) is 7.39. The van der Waals surface area contributed by atoms with Crippen molar-refractivity contribution in [3.63, 3.8) is 0 Å². The smallest absolute Gasteiger partial charge is 0.0945 e. The first kappa shape index (κ1) is 17.5. The molecule has 4 heteroatoms. The number of aliphatic hydroxyl groups is 1. The summed E-state index contributed by atoms with van der Waals surface area (Å²) >= 11 is 3.47. The Morgan fingerprint density at radius 1 is 1.30 bits per heavy atom. The molecule has 0 bridgehead atoms. The lowest BCUT2D eigenvalue weighted by Crippen LogP contribution is -2.25. The third-order valence-corrected chi connectivity index (χ3v) is 4.04. The van der Waals surface area contributed by atoms with Crippen LogP contribution in [0.4, 0.5) is 5.69 Å². The lowest BCUT2D eigenvalue weighted by atomic mass is 10.2. The number of benzene rings is 1. The van der Waals surface area contributed by atoms with Crippen LogP contribution in [-0.2, 0) is 4.74 Å². The molecule has 3 nitrogen and oxygen atoms in total. The third-order valence-electron chi connectivity index (χ3n) is 3.15. The van der Waals surface area contributed by atoms with Gasteiger partial charge >= 0.3 is 0 Å². The predicted octanol–water partition coefficient (Wildman–Crippen LogP) is 4.13. The summed E-state index contributed by atoms with van der Waals surface area (Å²) < 4.78 is 6.57. The van der Waals surface area contributed by atoms with Crippen LogP contribution in [-0.4, -0.2) is 31.0 Å². The van der Waals surface area contributed by atoms with Crippen molar-refractivity contribution in [1.29, 1.82) is 0 Å². The summed E-state index contributed by atoms with van der Waals surface area (Å²) in [5, 5.41) is 13.1. The number of aryl methyl sites for hydroxylation is 1. The molecule has 0 aliphatic heterocycles. The van der Waals surface area contributed by atoms with Gasteiger partial charge in [0.15, 0.2) is 0 Å². The Hall–Kier alpha value is -0.580. The van der Waals surface area contributed by atoms with Gasteiger partial charge in [-0.15, -0.1) is 0 Å². The van der Waals surface area contributed by atoms with E-state index in [1.54, 1.807) is 0 Å². The maximum atomic E-state index is 9.84. The van der Waals surface area contributed by atoms with Crippen LogP contribution in [0.25, 0.3) is 0 Å². The van der Waals surface area contributed by atoms with E-state index in [0.717, 1.165) is 23.2 Å². The highest BCUT2D eigenvalue weighted by atomic mass is 79.9. The van der Waals surface area contributed by atoms with E-state index in [1.165, 1.54) is 24.8 Å². The normalized spacial score (nSPS) is 12.4. The fourth-order valence-corrected chi connectivity index (χ4v) is 2.15. The van der Waals surface area contributed by atoms with Gasteiger partial charge < -0.3 is 15.2 Å². The van der Waals surface area contributed by atoms with Gasteiger partial charge in [0.1, 0.15) is 0 Å². The maximum absolute atomic E-state index is 9.84. The van der Waals surface area contributed by atoms with E-state index in [-0.39, 0.29) is 0 Å². The van der Waals surface area contributed by atoms with Crippen LogP contribution in [0.5, 0.6) is 0 Å². The van der Waals surface area contributed by atoms with Gasteiger partial charge in [-0.3, -0.25) is 0 Å². The highest BCUT2D eigenvalue weighted by Crippen LogP contribution is 2.19. The molecule has 1 unspecified atom stereocenters. The summed E-state index contributed by atoms with van der Waals surface area (Å²) in [6, 6.07) is 6.06. The molecular formula is C16H26BrNO2. The zero-order valence-corrected chi connectivity index (χ0v) is 14.1. The summed E-state index contributed by atoms with van der Waals surface area (Å²) in [4.78, 5) is 0. The molecule has 20 heavy (non-hydrogen) atoms. The number of hydrogen-bond donors (Lipinski definition) is 2. The van der Waals surface area contributed by atoms with Crippen molar-refractivity contribution < 1.29 is 9.84 Å². The highest BCUT2D eigenvalue weighted by molar-refractivity contribution is 9.10. The molecule has 1 rings (SSSR count). The van der Waals surface area contributed by atoms with Gasteiger partial charge in [-0.25, -0.2) is 0 Å². The Morgan fingerprint density at radius 3 is 2.80 bits per heavy atom. The second-order valence-corrected chi connectivity index (χ2v) is 5.99. The van der Waals surface area contributed by atoms with Crippen LogP contribution < -0.4 is 5.32 Å². The largest absolute Gasteiger partial charge is 0.389 e. The molecule has 0 saturated carbocycles. The Bertz CT molecular complexity index is 385. The molecule has 0 fully saturated rings. The molecule has 0 heterocycles. The molecule has 0 aliphatic carbocycles. The zero-order chi connectivity index (χ0) is 14.8. The summed E-state index contributed by atoms with van der Waals surface area (Å²) in [6.07, 6.45) is 4.32. The van der Waals surface area contributed by atoms with Gasteiger partial charge in [0.25, 0.3) is 0 Å². The number of hydrogen-bond acceptors (Lipinski definition) is 3. The maximum Gasteiger partial charge on any atom is 0.0945 e. The van der Waals surface area contributed by atoms with Gasteiger partial charge in [0.2, 0.25) is 0 Å². The molecule has 0 radical (unpaired) electrons. The van der Waals surface area contributed by atoms with Crippen molar-refractivity contribution in [2.75, 3.05) is 25.1 Å². The second kappa shape index (κ2) is 10.2. The Morgan fingerprint density at radius 2 is 2.10 bits per heavy atom. The van der Waals surface area contributed by atoms with Gasteiger partial charge in [-0.1, -0.05) is 42.1 Å². The van der Waals surface area contributed by atoms with Crippen molar-refractivity contribution >= 4 is 21.6 Å². The average molecular weight is 344 g/mol. The molecular weight excluding hydrogens is 318 g/mol. The molecule has 0 amide bonds. The molecule has 0 aromatic heterocycles. The fraction of sp³-hybridized carbons (Fsp3) is 0.625. The topological polar surface area (TPSA) is 41.5 Å². The fourth-order valence-electron chi connectivity index (χ4n) is 1.90. The monoisotopic (exact) mass is 343 g/mol. The molecule has 1 aromatic carbocycles. The minimum Gasteiger partial charge on any atom is -0.389 e. The van der Waals surface area contributed by atoms with Gasteiger partial charge in [-0.2, -0.15) is 0 Å². The Balaban J connectivity index is 2.13. The lowest BCUT2D eigenvalue weighted by Gasteiger charge is -2.14. The summed E-state index contributed by atoms with van der Waals surface area (Å²) in [5.41, 5.74) is 2.20. The standard InChI is InChI=1S/C16H26BrNO2/c1-3-4-5-6-9-20-12-15(19)11-18-14-7-8-16(17)13(2)10-14/h7-8,10,15,18-19H,3-6,9,11-12H2,1-2H3. The molecule has 2 N–H and O–H groups in total. The second-order valence-electron chi connectivity index (χ2n) is 5.13. The lowest BCUT2D eigenvalue weighted by molar-refractivity contribution is 0.0417. The highest BCUT2D eigenvalue weighted by Gasteiger charge is 2.04. The average Bonchev–Trinajstić information content (AvgIpc) is 2.44. The van der Waals surface area contributed by atoms with Crippen LogP contribution in [0.3, 0.4) is 0 Å². The molecule has 114 valence electrons. The van der Waals surface area contributed by atoms with Gasteiger partial charge in [-0.05, 0) is 37.1 Å². The van der Waals surface area contributed by atoms with E-state index in [0.29, 0.717) is 13.2 Å². The number of ether oxygens (including phenoxy) is 1. The van der Waals surface area contributed by atoms with Crippen molar-refractivity contribution in [3.05, 3.63) is 28.2 Å².